The van der Waals surface area contributed by atoms with E-state index in [0.29, 0.717) is 0 Å². The number of aryl methyl sites for hydroxylation is 1. The van der Waals surface area contributed by atoms with Crippen molar-refractivity contribution in [1.82, 2.24) is 5.32 Å². The molecular formula is C14H21NO. The van der Waals surface area contributed by atoms with Crippen molar-refractivity contribution in [3.05, 3.63) is 29.3 Å². The molecule has 0 spiro atoms. The average Bonchev–Trinajstić information content (AvgIpc) is 2.33. The van der Waals surface area contributed by atoms with Gasteiger partial charge in [-0.25, -0.2) is 0 Å². The van der Waals surface area contributed by atoms with Gasteiger partial charge in [0.05, 0.1) is 7.11 Å². The quantitative estimate of drug-likeness (QED) is 0.843. The summed E-state index contributed by atoms with van der Waals surface area (Å²) in [6.45, 7) is 4.54. The minimum absolute atomic E-state index is 0.840. The lowest BCUT2D eigenvalue weighted by Gasteiger charge is -2.23. The molecule has 1 fully saturated rings. The van der Waals surface area contributed by atoms with Crippen molar-refractivity contribution in [3.8, 4) is 5.75 Å². The molecule has 0 aliphatic carbocycles. The van der Waals surface area contributed by atoms with Gasteiger partial charge in [-0.3, -0.25) is 0 Å². The Bertz CT molecular complexity index is 343. The summed E-state index contributed by atoms with van der Waals surface area (Å²) >= 11 is 0. The molecule has 1 aliphatic rings. The Morgan fingerprint density at radius 1 is 1.31 bits per heavy atom. The molecule has 0 bridgehead atoms. The van der Waals surface area contributed by atoms with E-state index in [2.05, 4.69) is 24.4 Å². The minimum Gasteiger partial charge on any atom is -0.497 e. The molecule has 0 atom stereocenters. The molecule has 16 heavy (non-hydrogen) atoms. The van der Waals surface area contributed by atoms with Crippen LogP contribution in [0.3, 0.4) is 0 Å². The molecule has 1 aromatic rings. The molecule has 1 aliphatic heterocycles. The number of benzene rings is 1. The maximum atomic E-state index is 5.29. The number of nitrogens with one attached hydrogen (secondary N) is 1. The highest BCUT2D eigenvalue weighted by atomic mass is 16.5. The Morgan fingerprint density at radius 2 is 2.06 bits per heavy atom. The fourth-order valence-electron chi connectivity index (χ4n) is 2.39. The first-order valence-electron chi connectivity index (χ1n) is 6.14. The first-order valence-corrected chi connectivity index (χ1v) is 6.14. The zero-order valence-electron chi connectivity index (χ0n) is 10.3. The van der Waals surface area contributed by atoms with Crippen LogP contribution < -0.4 is 10.1 Å². The van der Waals surface area contributed by atoms with E-state index in [4.69, 9.17) is 4.74 Å². The molecule has 1 saturated heterocycles. The lowest BCUT2D eigenvalue weighted by atomic mass is 9.89. The first-order chi connectivity index (χ1) is 7.79. The number of piperidine rings is 1. The second-order valence-electron chi connectivity index (χ2n) is 4.69. The van der Waals surface area contributed by atoms with Crippen molar-refractivity contribution in [3.63, 3.8) is 0 Å². The van der Waals surface area contributed by atoms with Crippen LogP contribution in [0.15, 0.2) is 18.2 Å². The van der Waals surface area contributed by atoms with E-state index >= 15 is 0 Å². The van der Waals surface area contributed by atoms with E-state index < -0.39 is 0 Å². The highest BCUT2D eigenvalue weighted by Gasteiger charge is 2.14. The van der Waals surface area contributed by atoms with Gasteiger partial charge >= 0.3 is 0 Å². The number of rotatable bonds is 3. The van der Waals surface area contributed by atoms with Crippen molar-refractivity contribution in [2.24, 2.45) is 5.92 Å². The van der Waals surface area contributed by atoms with E-state index in [1.165, 1.54) is 43.5 Å². The predicted octanol–water partition coefficient (Wildman–Crippen LogP) is 2.55. The summed E-state index contributed by atoms with van der Waals surface area (Å²) in [5, 5.41) is 3.41. The smallest absolute Gasteiger partial charge is 0.119 e. The van der Waals surface area contributed by atoms with Gasteiger partial charge in [0.15, 0.2) is 0 Å². The van der Waals surface area contributed by atoms with E-state index in [9.17, 15) is 0 Å². The zero-order chi connectivity index (χ0) is 11.4. The fourth-order valence-corrected chi connectivity index (χ4v) is 2.39. The van der Waals surface area contributed by atoms with E-state index in [-0.39, 0.29) is 0 Å². The molecule has 2 rings (SSSR count). The predicted molar refractivity (Wildman–Crippen MR) is 67.0 cm³/mol. The van der Waals surface area contributed by atoms with Gasteiger partial charge in [0.2, 0.25) is 0 Å². The maximum absolute atomic E-state index is 5.29. The summed E-state index contributed by atoms with van der Waals surface area (Å²) in [6.07, 6.45) is 3.80. The number of hydrogen-bond donors (Lipinski definition) is 1. The number of methoxy groups -OCH3 is 1. The highest BCUT2D eigenvalue weighted by molar-refractivity contribution is 5.35. The molecule has 1 heterocycles. The minimum atomic E-state index is 0.840. The zero-order valence-corrected chi connectivity index (χ0v) is 10.3. The van der Waals surface area contributed by atoms with Crippen molar-refractivity contribution in [1.29, 1.82) is 0 Å². The van der Waals surface area contributed by atoms with Gasteiger partial charge in [0.1, 0.15) is 5.75 Å². The summed E-state index contributed by atoms with van der Waals surface area (Å²) < 4.78 is 5.29. The van der Waals surface area contributed by atoms with Gasteiger partial charge < -0.3 is 10.1 Å². The molecule has 1 aromatic carbocycles. The molecule has 0 aromatic heterocycles. The number of ether oxygens (including phenoxy) is 1. The fraction of sp³-hybridized carbons (Fsp3) is 0.571. The van der Waals surface area contributed by atoms with Crippen LogP contribution >= 0.6 is 0 Å². The van der Waals surface area contributed by atoms with Crippen LogP contribution in [0.2, 0.25) is 0 Å². The van der Waals surface area contributed by atoms with Crippen molar-refractivity contribution >= 4 is 0 Å². The van der Waals surface area contributed by atoms with Crippen molar-refractivity contribution in [2.75, 3.05) is 20.2 Å². The van der Waals surface area contributed by atoms with E-state index in [0.717, 1.165) is 11.7 Å². The normalized spacial score (nSPS) is 17.4. The van der Waals surface area contributed by atoms with Crippen LogP contribution in [0.4, 0.5) is 0 Å². The standard InChI is InChI=1S/C14H21NO/c1-11-3-4-14(16-2)10-13(11)9-12-5-7-15-8-6-12/h3-4,10,12,15H,5-9H2,1-2H3. The Kier molecular flexibility index (Phi) is 3.83. The summed E-state index contributed by atoms with van der Waals surface area (Å²) in [5.74, 6) is 1.82. The Morgan fingerprint density at radius 3 is 2.75 bits per heavy atom. The molecule has 0 saturated carbocycles. The van der Waals surface area contributed by atoms with Crippen LogP contribution in [0.5, 0.6) is 5.75 Å². The van der Waals surface area contributed by atoms with Gasteiger partial charge in [0.25, 0.3) is 0 Å². The van der Waals surface area contributed by atoms with Gasteiger partial charge in [0, 0.05) is 0 Å². The van der Waals surface area contributed by atoms with E-state index in [1.54, 1.807) is 7.11 Å². The topological polar surface area (TPSA) is 21.3 Å². The van der Waals surface area contributed by atoms with Crippen LogP contribution in [-0.2, 0) is 6.42 Å². The molecule has 0 radical (unpaired) electrons. The third-order valence-electron chi connectivity index (χ3n) is 3.52. The van der Waals surface area contributed by atoms with Gasteiger partial charge in [-0.2, -0.15) is 0 Å². The van der Waals surface area contributed by atoms with Gasteiger partial charge in [-0.1, -0.05) is 6.07 Å². The largest absolute Gasteiger partial charge is 0.497 e. The molecular weight excluding hydrogens is 198 g/mol. The second kappa shape index (κ2) is 5.35. The third-order valence-corrected chi connectivity index (χ3v) is 3.52. The van der Waals surface area contributed by atoms with Crippen LogP contribution in [0.25, 0.3) is 0 Å². The Hall–Kier alpha value is -1.02. The van der Waals surface area contributed by atoms with Gasteiger partial charge in [-0.05, 0) is 68.5 Å². The Balaban J connectivity index is 2.06. The third kappa shape index (κ3) is 2.76. The summed E-state index contributed by atoms with van der Waals surface area (Å²) in [7, 11) is 1.74. The van der Waals surface area contributed by atoms with Crippen LogP contribution in [-0.4, -0.2) is 20.2 Å². The van der Waals surface area contributed by atoms with Crippen LogP contribution in [0, 0.1) is 12.8 Å². The SMILES string of the molecule is COc1ccc(C)c(CC2CCNCC2)c1. The molecule has 2 heteroatoms. The monoisotopic (exact) mass is 219 g/mol. The average molecular weight is 219 g/mol. The first kappa shape index (κ1) is 11.5. The van der Waals surface area contributed by atoms with Crippen LogP contribution in [0.1, 0.15) is 24.0 Å². The van der Waals surface area contributed by atoms with Gasteiger partial charge in [-0.15, -0.1) is 0 Å². The Labute approximate surface area is 98.0 Å². The summed E-state index contributed by atoms with van der Waals surface area (Å²) in [6, 6.07) is 6.40. The molecule has 1 N–H and O–H groups in total. The molecule has 88 valence electrons. The number of hydrogen-bond acceptors (Lipinski definition) is 2. The second-order valence-corrected chi connectivity index (χ2v) is 4.69. The lowest BCUT2D eigenvalue weighted by molar-refractivity contribution is 0.371. The van der Waals surface area contributed by atoms with E-state index in [1.807, 2.05) is 6.07 Å². The summed E-state index contributed by atoms with van der Waals surface area (Å²) in [5.41, 5.74) is 2.84. The lowest BCUT2D eigenvalue weighted by Crippen LogP contribution is -2.28. The molecule has 0 amide bonds. The molecule has 0 unspecified atom stereocenters. The molecule has 2 nitrogen and oxygen atoms in total. The van der Waals surface area contributed by atoms with Crippen molar-refractivity contribution < 1.29 is 4.74 Å². The highest BCUT2D eigenvalue weighted by Crippen LogP contribution is 2.23. The van der Waals surface area contributed by atoms with Crippen molar-refractivity contribution in [2.45, 2.75) is 26.2 Å². The maximum Gasteiger partial charge on any atom is 0.119 e. The summed E-state index contributed by atoms with van der Waals surface area (Å²) in [4.78, 5) is 0.